The maximum absolute atomic E-state index is 14.1. The minimum Gasteiger partial charge on any atom is -0.393 e. The first-order valence-corrected chi connectivity index (χ1v) is 27.6. The number of carbonyl (C=O) groups is 1. The van der Waals surface area contributed by atoms with Crippen molar-refractivity contribution >= 4 is 62.0 Å². The molecule has 2 aliphatic heterocycles. The van der Waals surface area contributed by atoms with Gasteiger partial charge in [-0.2, -0.15) is 0 Å². The Bertz CT molecular complexity index is 2910. The second kappa shape index (κ2) is 21.7. The Morgan fingerprint density at radius 3 is 2.15 bits per heavy atom. The summed E-state index contributed by atoms with van der Waals surface area (Å²) in [6.45, 7) is 11.5. The number of carbonyl (C=O) groups excluding carboxylic acids is 1. The lowest BCUT2D eigenvalue weighted by Gasteiger charge is -2.41. The predicted octanol–water partition coefficient (Wildman–Crippen LogP) is 9.82. The van der Waals surface area contributed by atoms with Gasteiger partial charge in [0.15, 0.2) is 0 Å². The molecule has 3 heterocycles. The Kier molecular flexibility index (Phi) is 15.4. The number of amides is 1. The maximum Gasteiger partial charge on any atom is 0.261 e. The van der Waals surface area contributed by atoms with Gasteiger partial charge in [0, 0.05) is 115 Å². The van der Waals surface area contributed by atoms with Crippen molar-refractivity contribution in [1.29, 1.82) is 0 Å². The Balaban J connectivity index is 0.838. The van der Waals surface area contributed by atoms with Crippen molar-refractivity contribution in [2.24, 2.45) is 7.05 Å². The van der Waals surface area contributed by atoms with Crippen LogP contribution in [0.5, 0.6) is 0 Å². The van der Waals surface area contributed by atoms with Gasteiger partial charge in [0.2, 0.25) is 0 Å². The minimum absolute atomic E-state index is 0.0875. The monoisotopic (exact) mass is 1020 g/mol. The fraction of sp³-hybridized carbons (Fsp3) is 0.375. The fourth-order valence-electron chi connectivity index (χ4n) is 10.3. The van der Waals surface area contributed by atoms with E-state index in [0.29, 0.717) is 29.1 Å². The zero-order valence-corrected chi connectivity index (χ0v) is 43.5. The summed E-state index contributed by atoms with van der Waals surface area (Å²) in [5.74, 6) is 0.713. The Morgan fingerprint density at radius 2 is 1.49 bits per heavy atom. The van der Waals surface area contributed by atoms with Crippen LogP contribution in [0.3, 0.4) is 0 Å². The van der Waals surface area contributed by atoms with Crippen LogP contribution in [0.1, 0.15) is 60.6 Å². The van der Waals surface area contributed by atoms with Crippen molar-refractivity contribution in [3.8, 4) is 22.4 Å². The van der Waals surface area contributed by atoms with Crippen molar-refractivity contribution in [2.45, 2.75) is 86.5 Å². The molecule has 5 aromatic carbocycles. The number of hydrogen-bond donors (Lipinski definition) is 5. The molecule has 2 saturated heterocycles. The van der Waals surface area contributed by atoms with Gasteiger partial charge in [-0.15, -0.1) is 11.8 Å². The van der Waals surface area contributed by atoms with Crippen molar-refractivity contribution in [1.82, 2.24) is 14.8 Å². The average Bonchev–Trinajstić information content (AvgIpc) is 3.62. The van der Waals surface area contributed by atoms with Gasteiger partial charge in [0.1, 0.15) is 0 Å². The first-order valence-electron chi connectivity index (χ1n) is 24.8. The van der Waals surface area contributed by atoms with E-state index in [1.54, 1.807) is 19.1 Å². The summed E-state index contributed by atoms with van der Waals surface area (Å²) in [6.07, 6.45) is 3.38. The largest absolute Gasteiger partial charge is 0.393 e. The molecular weight excluding hydrogens is 950 g/mol. The number of aryl methyl sites for hydroxylation is 1. The molecule has 1 saturated carbocycles. The highest BCUT2D eigenvalue weighted by atomic mass is 35.5. The molecule has 1 atom stereocenters. The quantitative estimate of drug-likeness (QED) is 0.0561. The van der Waals surface area contributed by atoms with E-state index < -0.39 is 15.6 Å². The number of aliphatic hydroxyl groups is 2. The first-order chi connectivity index (χ1) is 34.1. The fourth-order valence-corrected chi connectivity index (χ4v) is 12.5. The molecule has 12 nitrogen and oxygen atoms in total. The highest BCUT2D eigenvalue weighted by Crippen LogP contribution is 2.41. The molecule has 3 fully saturated rings. The molecule has 0 unspecified atom stereocenters. The molecule has 0 bridgehead atoms. The molecule has 1 aromatic heterocycles. The van der Waals surface area contributed by atoms with Gasteiger partial charge in [0.25, 0.3) is 15.9 Å². The lowest BCUT2D eigenvalue weighted by atomic mass is 9.77. The summed E-state index contributed by atoms with van der Waals surface area (Å²) >= 11 is 8.13. The van der Waals surface area contributed by atoms with E-state index in [9.17, 15) is 23.4 Å². The van der Waals surface area contributed by atoms with Crippen LogP contribution in [0.15, 0.2) is 131 Å². The van der Waals surface area contributed by atoms with Crippen molar-refractivity contribution < 1.29 is 23.4 Å². The Morgan fingerprint density at radius 1 is 0.817 bits per heavy atom. The van der Waals surface area contributed by atoms with E-state index in [0.717, 1.165) is 122 Å². The van der Waals surface area contributed by atoms with E-state index in [-0.39, 0.29) is 29.0 Å². The summed E-state index contributed by atoms with van der Waals surface area (Å²) < 4.78 is 32.4. The molecule has 1 amide bonds. The maximum atomic E-state index is 14.1. The van der Waals surface area contributed by atoms with E-state index in [4.69, 9.17) is 11.6 Å². The standard InChI is InChI=1S/C56H66ClN7O5S2/c1-38-33-50(21-22-51(38)58-44(37-70-49-11-6-5-7-12-49)23-26-62-27-24-48(65)25-28-62)71(68,69)60-43-17-19-46(20-18-43)63-29-31-64(32-30-63)47-10-8-9-41(34-47)53-52(55(66)59-45-35-56(3,67)36-45)39(2)61(4)54(53)40-13-15-42(57)16-14-40/h5-22,33-34,44-45,48,58,60,65,67H,23-32,35-37H2,1-4H3,(H,59,66)/t44-,45-,56+/m1/s1. The van der Waals surface area contributed by atoms with Crippen molar-refractivity contribution in [3.05, 3.63) is 143 Å². The number of aromatic nitrogens is 1. The number of nitrogens with zero attached hydrogens (tertiary/aromatic N) is 4. The van der Waals surface area contributed by atoms with Gasteiger partial charge < -0.3 is 40.1 Å². The van der Waals surface area contributed by atoms with E-state index in [1.807, 2.05) is 93.3 Å². The third kappa shape index (κ3) is 12.1. The van der Waals surface area contributed by atoms with Gasteiger partial charge >= 0.3 is 0 Å². The summed E-state index contributed by atoms with van der Waals surface area (Å²) in [6, 6.07) is 39.5. The normalized spacial score (nSPS) is 19.3. The van der Waals surface area contributed by atoms with Crippen LogP contribution in [-0.2, 0) is 17.1 Å². The van der Waals surface area contributed by atoms with E-state index in [1.165, 1.54) is 4.90 Å². The summed E-state index contributed by atoms with van der Waals surface area (Å²) in [4.78, 5) is 22.6. The lowest BCUT2D eigenvalue weighted by Crippen LogP contribution is -2.53. The number of likely N-dealkylation sites (tertiary alicyclic amines) is 1. The first kappa shape index (κ1) is 50.5. The number of benzene rings is 5. The van der Waals surface area contributed by atoms with Gasteiger partial charge in [-0.25, -0.2) is 8.42 Å². The molecule has 3 aliphatic rings. The highest BCUT2D eigenvalue weighted by Gasteiger charge is 2.40. The molecule has 0 radical (unpaired) electrons. The molecule has 9 rings (SSSR count). The smallest absolute Gasteiger partial charge is 0.261 e. The van der Waals surface area contributed by atoms with Gasteiger partial charge in [-0.3, -0.25) is 9.52 Å². The van der Waals surface area contributed by atoms with Crippen molar-refractivity contribution in [2.75, 3.05) is 71.4 Å². The summed E-state index contributed by atoms with van der Waals surface area (Å²) in [5, 5.41) is 28.0. The number of piperidine rings is 1. The van der Waals surface area contributed by atoms with Gasteiger partial charge in [-0.1, -0.05) is 54.1 Å². The summed E-state index contributed by atoms with van der Waals surface area (Å²) in [5.41, 5.74) is 8.74. The van der Waals surface area contributed by atoms with Crippen LogP contribution in [0.2, 0.25) is 5.02 Å². The number of aliphatic hydroxyl groups excluding tert-OH is 1. The molecule has 1 aliphatic carbocycles. The third-order valence-electron chi connectivity index (χ3n) is 14.4. The van der Waals surface area contributed by atoms with Crippen molar-refractivity contribution in [3.63, 3.8) is 0 Å². The molecule has 374 valence electrons. The second-order valence-corrected chi connectivity index (χ2v) is 23.0. The van der Waals surface area contributed by atoms with Crippen LogP contribution in [0.25, 0.3) is 22.4 Å². The zero-order valence-electron chi connectivity index (χ0n) is 41.1. The predicted molar refractivity (Wildman–Crippen MR) is 291 cm³/mol. The van der Waals surface area contributed by atoms with E-state index in [2.05, 4.69) is 83.2 Å². The lowest BCUT2D eigenvalue weighted by molar-refractivity contribution is -0.0367. The molecule has 15 heteroatoms. The van der Waals surface area contributed by atoms with Crippen LogP contribution in [0, 0.1) is 13.8 Å². The average molecular weight is 1020 g/mol. The Hall–Kier alpha value is -5.48. The van der Waals surface area contributed by atoms with Crippen LogP contribution in [0.4, 0.5) is 22.7 Å². The van der Waals surface area contributed by atoms with E-state index >= 15 is 0 Å². The van der Waals surface area contributed by atoms with Gasteiger partial charge in [-0.05, 0) is 148 Å². The number of hydrogen-bond acceptors (Lipinski definition) is 10. The number of nitrogens with one attached hydrogen (secondary N) is 3. The minimum atomic E-state index is -3.86. The molecular formula is C56H66ClN7O5S2. The molecule has 71 heavy (non-hydrogen) atoms. The van der Waals surface area contributed by atoms with Crippen LogP contribution >= 0.6 is 23.4 Å². The second-order valence-electron chi connectivity index (χ2n) is 19.8. The number of sulfonamides is 1. The molecule has 5 N–H and O–H groups in total. The Labute approximate surface area is 428 Å². The van der Waals surface area contributed by atoms with Crippen LogP contribution < -0.4 is 25.2 Å². The zero-order chi connectivity index (χ0) is 49.9. The topological polar surface area (TPSA) is 142 Å². The number of halogens is 1. The number of anilines is 4. The third-order valence-corrected chi connectivity index (χ3v) is 17.2. The van der Waals surface area contributed by atoms with Gasteiger partial charge in [0.05, 0.1) is 27.9 Å². The summed E-state index contributed by atoms with van der Waals surface area (Å²) in [7, 11) is -1.87. The number of rotatable bonds is 17. The SMILES string of the molecule is Cc1cc(S(=O)(=O)Nc2ccc(N3CCN(c4cccc(-c5c(C(=O)N[C@H]6C[C@@](C)(O)C6)c(C)n(C)c5-c5ccc(Cl)cc5)c4)CC3)cc2)ccc1N[C@H](CCN1CCC(O)CC1)CSc1ccccc1. The number of thioether (sulfide) groups is 1. The molecule has 6 aromatic rings. The molecule has 0 spiro atoms. The number of piperazine rings is 1. The van der Waals surface area contributed by atoms with Crippen LogP contribution in [-0.4, -0.2) is 109 Å². The highest BCUT2D eigenvalue weighted by molar-refractivity contribution is 7.99.